The van der Waals surface area contributed by atoms with Gasteiger partial charge in [-0.3, -0.25) is 20.2 Å². The van der Waals surface area contributed by atoms with Crippen molar-refractivity contribution in [3.63, 3.8) is 0 Å². The number of nitrogen functional groups attached to an aromatic ring is 1. The van der Waals surface area contributed by atoms with E-state index in [0.717, 1.165) is 19.2 Å². The van der Waals surface area contributed by atoms with Gasteiger partial charge in [-0.05, 0) is 0 Å². The van der Waals surface area contributed by atoms with E-state index in [1.54, 1.807) is 0 Å². The van der Waals surface area contributed by atoms with Gasteiger partial charge in [-0.2, -0.15) is 0 Å². The van der Waals surface area contributed by atoms with Crippen molar-refractivity contribution in [1.29, 1.82) is 0 Å². The summed E-state index contributed by atoms with van der Waals surface area (Å²) in [5.41, 5.74) is 4.19. The maximum absolute atomic E-state index is 10.6. The van der Waals surface area contributed by atoms with Crippen LogP contribution in [0.15, 0.2) is 12.1 Å². The van der Waals surface area contributed by atoms with Crippen LogP contribution in [0.3, 0.4) is 0 Å². The smallest absolute Gasteiger partial charge is 0.320 e. The van der Waals surface area contributed by atoms with Crippen LogP contribution < -0.4 is 10.5 Å². The molecule has 8 nitrogen and oxygen atoms in total. The molecule has 0 bridgehead atoms. The lowest BCUT2D eigenvalue weighted by Crippen LogP contribution is -2.00. The fourth-order valence-corrected chi connectivity index (χ4v) is 1.10. The molecular formula is C7H7N3O5. The van der Waals surface area contributed by atoms with Gasteiger partial charge in [0.1, 0.15) is 0 Å². The number of nitrogens with two attached hydrogens (primary N) is 1. The van der Waals surface area contributed by atoms with E-state index >= 15 is 0 Å². The number of hydrogen-bond donors (Lipinski definition) is 1. The fraction of sp³-hybridized carbons (Fsp3) is 0.143. The Kier molecular flexibility index (Phi) is 2.70. The molecule has 1 aromatic carbocycles. The highest BCUT2D eigenvalue weighted by Gasteiger charge is 2.27. The molecule has 0 atom stereocenters. The van der Waals surface area contributed by atoms with Gasteiger partial charge in [-0.1, -0.05) is 0 Å². The predicted octanol–water partition coefficient (Wildman–Crippen LogP) is 1.09. The Bertz CT molecular complexity index is 396. The Hall–Kier alpha value is -2.38. The van der Waals surface area contributed by atoms with E-state index in [4.69, 9.17) is 5.73 Å². The summed E-state index contributed by atoms with van der Waals surface area (Å²) in [6.07, 6.45) is 0. The summed E-state index contributed by atoms with van der Waals surface area (Å²) < 4.78 is 4.62. The number of nitro benzene ring substituents is 2. The third kappa shape index (κ3) is 1.93. The van der Waals surface area contributed by atoms with Crippen molar-refractivity contribution in [2.24, 2.45) is 0 Å². The lowest BCUT2D eigenvalue weighted by Gasteiger charge is -2.03. The quantitative estimate of drug-likeness (QED) is 0.455. The second-order valence-corrected chi connectivity index (χ2v) is 2.61. The van der Waals surface area contributed by atoms with Crippen LogP contribution in [0.4, 0.5) is 17.1 Å². The molecule has 15 heavy (non-hydrogen) atoms. The molecule has 0 amide bonds. The van der Waals surface area contributed by atoms with Gasteiger partial charge < -0.3 is 10.5 Å². The van der Waals surface area contributed by atoms with Crippen LogP contribution in [0.25, 0.3) is 0 Å². The first-order chi connectivity index (χ1) is 6.97. The topological polar surface area (TPSA) is 122 Å². The Morgan fingerprint density at radius 2 is 1.60 bits per heavy atom. The van der Waals surface area contributed by atoms with Crippen molar-refractivity contribution < 1.29 is 14.6 Å². The van der Waals surface area contributed by atoms with Crippen LogP contribution in [0, 0.1) is 20.2 Å². The highest BCUT2D eigenvalue weighted by Crippen LogP contribution is 2.38. The van der Waals surface area contributed by atoms with Crippen molar-refractivity contribution in [3.05, 3.63) is 32.4 Å². The maximum Gasteiger partial charge on any atom is 0.320 e. The zero-order chi connectivity index (χ0) is 11.6. The maximum atomic E-state index is 10.6. The van der Waals surface area contributed by atoms with Gasteiger partial charge >= 0.3 is 11.4 Å². The molecule has 0 heterocycles. The minimum absolute atomic E-state index is 0.0609. The van der Waals surface area contributed by atoms with Gasteiger partial charge in [0.05, 0.1) is 17.0 Å². The highest BCUT2D eigenvalue weighted by atomic mass is 16.6. The molecule has 0 saturated heterocycles. The van der Waals surface area contributed by atoms with Crippen molar-refractivity contribution in [3.8, 4) is 5.75 Å². The van der Waals surface area contributed by atoms with Gasteiger partial charge in [0.25, 0.3) is 5.75 Å². The van der Waals surface area contributed by atoms with Crippen LogP contribution in [-0.2, 0) is 0 Å². The molecule has 0 spiro atoms. The van der Waals surface area contributed by atoms with E-state index in [1.165, 1.54) is 0 Å². The summed E-state index contributed by atoms with van der Waals surface area (Å²) in [5, 5.41) is 21.1. The van der Waals surface area contributed by atoms with Gasteiger partial charge in [0, 0.05) is 17.8 Å². The van der Waals surface area contributed by atoms with Crippen molar-refractivity contribution >= 4 is 17.1 Å². The van der Waals surface area contributed by atoms with Crippen LogP contribution in [0.5, 0.6) is 5.75 Å². The lowest BCUT2D eigenvalue weighted by molar-refractivity contribution is -0.395. The molecule has 2 N–H and O–H groups in total. The van der Waals surface area contributed by atoms with Crippen LogP contribution in [0.2, 0.25) is 0 Å². The van der Waals surface area contributed by atoms with Gasteiger partial charge in [-0.25, -0.2) is 0 Å². The van der Waals surface area contributed by atoms with Gasteiger partial charge in [-0.15, -0.1) is 0 Å². The summed E-state index contributed by atoms with van der Waals surface area (Å²) in [6, 6.07) is 2.01. The summed E-state index contributed by atoms with van der Waals surface area (Å²) >= 11 is 0. The average Bonchev–Trinajstić information content (AvgIpc) is 2.16. The number of benzene rings is 1. The van der Waals surface area contributed by atoms with E-state index in [9.17, 15) is 20.2 Å². The largest absolute Gasteiger partial charge is 0.485 e. The number of hydrogen-bond acceptors (Lipinski definition) is 6. The summed E-state index contributed by atoms with van der Waals surface area (Å²) in [4.78, 5) is 19.5. The van der Waals surface area contributed by atoms with E-state index < -0.39 is 27.0 Å². The zero-order valence-electron chi connectivity index (χ0n) is 7.67. The normalized spacial score (nSPS) is 9.67. The number of rotatable bonds is 3. The molecule has 80 valence electrons. The minimum atomic E-state index is -0.789. The first-order valence-electron chi connectivity index (χ1n) is 3.73. The van der Waals surface area contributed by atoms with Crippen LogP contribution in [-0.4, -0.2) is 17.0 Å². The SMILES string of the molecule is COc1c([N+](=O)[O-])cc(N)cc1[N+](=O)[O-]. The van der Waals surface area contributed by atoms with Gasteiger partial charge in [0.15, 0.2) is 0 Å². The minimum Gasteiger partial charge on any atom is -0.485 e. The Morgan fingerprint density at radius 3 is 1.87 bits per heavy atom. The number of nitro groups is 2. The number of nitrogens with zero attached hydrogens (tertiary/aromatic N) is 2. The number of anilines is 1. The second-order valence-electron chi connectivity index (χ2n) is 2.61. The summed E-state index contributed by atoms with van der Waals surface area (Å²) in [5.74, 6) is -0.404. The summed E-state index contributed by atoms with van der Waals surface area (Å²) in [7, 11) is 1.12. The number of methoxy groups -OCH3 is 1. The Balaban J connectivity index is 3.52. The van der Waals surface area contributed by atoms with E-state index in [2.05, 4.69) is 4.74 Å². The Labute approximate surface area is 83.6 Å². The third-order valence-electron chi connectivity index (χ3n) is 1.67. The molecule has 0 aliphatic heterocycles. The van der Waals surface area contributed by atoms with E-state index in [-0.39, 0.29) is 5.69 Å². The van der Waals surface area contributed by atoms with Crippen molar-refractivity contribution in [2.75, 3.05) is 12.8 Å². The summed E-state index contributed by atoms with van der Waals surface area (Å²) in [6.45, 7) is 0. The molecular weight excluding hydrogens is 206 g/mol. The zero-order valence-corrected chi connectivity index (χ0v) is 7.67. The molecule has 1 aromatic rings. The van der Waals surface area contributed by atoms with Crippen molar-refractivity contribution in [2.45, 2.75) is 0 Å². The highest BCUT2D eigenvalue weighted by molar-refractivity contribution is 5.67. The molecule has 0 aliphatic rings. The first kappa shape index (κ1) is 10.7. The molecule has 8 heteroatoms. The van der Waals surface area contributed by atoms with E-state index in [1.807, 2.05) is 0 Å². The second kappa shape index (κ2) is 3.78. The first-order valence-corrected chi connectivity index (χ1v) is 3.73. The number of ether oxygens (including phenoxy) is 1. The third-order valence-corrected chi connectivity index (χ3v) is 1.67. The van der Waals surface area contributed by atoms with Gasteiger partial charge in [0.2, 0.25) is 0 Å². The molecule has 0 saturated carbocycles. The lowest BCUT2D eigenvalue weighted by atomic mass is 10.2. The Morgan fingerprint density at radius 1 is 1.20 bits per heavy atom. The molecule has 0 radical (unpaired) electrons. The predicted molar refractivity (Wildman–Crippen MR) is 50.7 cm³/mol. The van der Waals surface area contributed by atoms with Crippen LogP contribution >= 0.6 is 0 Å². The molecule has 0 unspecified atom stereocenters. The van der Waals surface area contributed by atoms with Crippen molar-refractivity contribution in [1.82, 2.24) is 0 Å². The standard InChI is InChI=1S/C7H7N3O5/c1-15-7-5(9(11)12)2-4(8)3-6(7)10(13)14/h2-3H,8H2,1H3. The molecule has 0 fully saturated rings. The fourth-order valence-electron chi connectivity index (χ4n) is 1.10. The van der Waals surface area contributed by atoms with Crippen LogP contribution in [0.1, 0.15) is 0 Å². The molecule has 0 aliphatic carbocycles. The molecule has 1 rings (SSSR count). The monoisotopic (exact) mass is 213 g/mol. The average molecular weight is 213 g/mol. The van der Waals surface area contributed by atoms with E-state index in [0.29, 0.717) is 0 Å². The molecule has 0 aromatic heterocycles.